The van der Waals surface area contributed by atoms with Gasteiger partial charge in [0.05, 0.1) is 6.61 Å². The van der Waals surface area contributed by atoms with Crippen LogP contribution in [-0.2, 0) is 4.79 Å². The number of hydrogen-bond donors (Lipinski definition) is 1. The summed E-state index contributed by atoms with van der Waals surface area (Å²) in [6.07, 6.45) is 1.64. The van der Waals surface area contributed by atoms with Crippen molar-refractivity contribution < 1.29 is 9.53 Å². The van der Waals surface area contributed by atoms with Gasteiger partial charge in [0.2, 0.25) is 0 Å². The quantitative estimate of drug-likeness (QED) is 0.419. The van der Waals surface area contributed by atoms with Gasteiger partial charge in [-0.15, -0.1) is 0 Å². The van der Waals surface area contributed by atoms with Crippen LogP contribution < -0.4 is 10.1 Å². The van der Waals surface area contributed by atoms with E-state index in [4.69, 9.17) is 4.74 Å². The molecular weight excluding hydrogens is 386 g/mol. The minimum Gasteiger partial charge on any atom is -0.494 e. The van der Waals surface area contributed by atoms with Crippen molar-refractivity contribution in [2.24, 2.45) is 0 Å². The molecule has 0 saturated carbocycles. The number of amides is 1. The summed E-state index contributed by atoms with van der Waals surface area (Å²) in [6, 6.07) is 17.5. The molecule has 0 aliphatic heterocycles. The number of aryl methyl sites for hydroxylation is 3. The Bertz CT molecular complexity index is 1160. The molecule has 0 unspecified atom stereocenters. The van der Waals surface area contributed by atoms with Crippen molar-refractivity contribution in [2.75, 3.05) is 11.9 Å². The molecule has 0 bridgehead atoms. The Morgan fingerprint density at radius 3 is 2.29 bits per heavy atom. The third-order valence-corrected chi connectivity index (χ3v) is 5.02. The number of rotatable bonds is 6. The summed E-state index contributed by atoms with van der Waals surface area (Å²) in [5.74, 6) is 0.290. The van der Waals surface area contributed by atoms with E-state index in [0.29, 0.717) is 12.3 Å². The predicted molar refractivity (Wildman–Crippen MR) is 125 cm³/mol. The van der Waals surface area contributed by atoms with E-state index in [1.54, 1.807) is 30.3 Å². The zero-order valence-electron chi connectivity index (χ0n) is 18.6. The van der Waals surface area contributed by atoms with E-state index in [9.17, 15) is 10.1 Å². The number of nitriles is 1. The first-order chi connectivity index (χ1) is 14.8. The maximum atomic E-state index is 12.7. The standard InChI is InChI=1S/C26H27N3O2/c1-6-31-25-9-7-23(8-10-25)28-26(30)22(16-27)15-21-14-19(4)29(20(21)5)24-12-17(2)11-18(3)13-24/h7-15H,6H2,1-5H3,(H,28,30)/b22-15-. The molecule has 3 aromatic rings. The van der Waals surface area contributed by atoms with Crippen molar-refractivity contribution in [2.45, 2.75) is 34.6 Å². The van der Waals surface area contributed by atoms with Crippen molar-refractivity contribution in [1.82, 2.24) is 4.57 Å². The molecule has 1 amide bonds. The molecule has 0 aliphatic carbocycles. The fourth-order valence-corrected chi connectivity index (χ4v) is 3.71. The molecule has 5 nitrogen and oxygen atoms in total. The highest BCUT2D eigenvalue weighted by atomic mass is 16.5. The van der Waals surface area contributed by atoms with Crippen molar-refractivity contribution in [3.05, 3.63) is 82.2 Å². The molecule has 0 atom stereocenters. The van der Waals surface area contributed by atoms with Crippen LogP contribution in [0.1, 0.15) is 35.0 Å². The minimum absolute atomic E-state index is 0.0505. The molecule has 1 aromatic heterocycles. The summed E-state index contributed by atoms with van der Waals surface area (Å²) in [5.41, 5.74) is 6.96. The molecule has 31 heavy (non-hydrogen) atoms. The third kappa shape index (κ3) is 5.04. The molecule has 0 radical (unpaired) electrons. The second kappa shape index (κ2) is 9.36. The Kier molecular flexibility index (Phi) is 6.61. The van der Waals surface area contributed by atoms with Gasteiger partial charge in [-0.2, -0.15) is 5.26 Å². The van der Waals surface area contributed by atoms with Crippen LogP contribution in [0.4, 0.5) is 5.69 Å². The van der Waals surface area contributed by atoms with Crippen molar-refractivity contribution >= 4 is 17.7 Å². The number of hydrogen-bond acceptors (Lipinski definition) is 3. The highest BCUT2D eigenvalue weighted by Gasteiger charge is 2.14. The minimum atomic E-state index is -0.442. The zero-order valence-corrected chi connectivity index (χ0v) is 18.6. The van der Waals surface area contributed by atoms with Crippen LogP contribution in [-0.4, -0.2) is 17.1 Å². The number of carbonyl (C=O) groups is 1. The number of anilines is 1. The van der Waals surface area contributed by atoms with Gasteiger partial charge in [-0.05, 0) is 99.8 Å². The number of nitrogens with zero attached hydrogens (tertiary/aromatic N) is 2. The summed E-state index contributed by atoms with van der Waals surface area (Å²) in [5, 5.41) is 12.4. The lowest BCUT2D eigenvalue weighted by Crippen LogP contribution is -2.13. The number of benzene rings is 2. The van der Waals surface area contributed by atoms with Gasteiger partial charge in [0, 0.05) is 22.8 Å². The van der Waals surface area contributed by atoms with E-state index >= 15 is 0 Å². The van der Waals surface area contributed by atoms with Gasteiger partial charge >= 0.3 is 0 Å². The molecule has 1 heterocycles. The molecule has 0 fully saturated rings. The van der Waals surface area contributed by atoms with E-state index < -0.39 is 5.91 Å². The Morgan fingerprint density at radius 1 is 1.06 bits per heavy atom. The first-order valence-corrected chi connectivity index (χ1v) is 10.3. The summed E-state index contributed by atoms with van der Waals surface area (Å²) < 4.78 is 7.56. The van der Waals surface area contributed by atoms with Gasteiger partial charge in [-0.25, -0.2) is 0 Å². The van der Waals surface area contributed by atoms with Crippen molar-refractivity contribution in [3.8, 4) is 17.5 Å². The lowest BCUT2D eigenvalue weighted by atomic mass is 10.1. The smallest absolute Gasteiger partial charge is 0.266 e. The fourth-order valence-electron chi connectivity index (χ4n) is 3.71. The van der Waals surface area contributed by atoms with Gasteiger partial charge in [-0.3, -0.25) is 4.79 Å². The number of nitrogens with one attached hydrogen (secondary N) is 1. The van der Waals surface area contributed by atoms with Crippen LogP contribution >= 0.6 is 0 Å². The first kappa shape index (κ1) is 21.9. The van der Waals surface area contributed by atoms with Gasteiger partial charge in [0.25, 0.3) is 5.91 Å². The summed E-state index contributed by atoms with van der Waals surface area (Å²) in [6.45, 7) is 10.7. The highest BCUT2D eigenvalue weighted by molar-refractivity contribution is 6.09. The SMILES string of the molecule is CCOc1ccc(NC(=O)/C(C#N)=C\c2cc(C)n(-c3cc(C)cc(C)c3)c2C)cc1. The Hall–Kier alpha value is -3.78. The lowest BCUT2D eigenvalue weighted by molar-refractivity contribution is -0.112. The van der Waals surface area contributed by atoms with E-state index in [2.05, 4.69) is 41.9 Å². The highest BCUT2D eigenvalue weighted by Crippen LogP contribution is 2.25. The molecule has 0 spiro atoms. The zero-order chi connectivity index (χ0) is 22.5. The van der Waals surface area contributed by atoms with E-state index in [0.717, 1.165) is 28.4 Å². The second-order valence-electron chi connectivity index (χ2n) is 7.59. The largest absolute Gasteiger partial charge is 0.494 e. The van der Waals surface area contributed by atoms with Gasteiger partial charge < -0.3 is 14.6 Å². The molecule has 1 N–H and O–H groups in total. The molecule has 0 aliphatic rings. The fraction of sp³-hybridized carbons (Fsp3) is 0.231. The number of aromatic nitrogens is 1. The molecular formula is C26H27N3O2. The molecule has 3 rings (SSSR count). The molecule has 158 valence electrons. The van der Waals surface area contributed by atoms with Crippen LogP contribution in [0.25, 0.3) is 11.8 Å². The molecule has 0 saturated heterocycles. The first-order valence-electron chi connectivity index (χ1n) is 10.3. The number of ether oxygens (including phenoxy) is 1. The van der Waals surface area contributed by atoms with E-state index in [1.165, 1.54) is 11.1 Å². The van der Waals surface area contributed by atoms with Crippen LogP contribution in [0.2, 0.25) is 0 Å². The van der Waals surface area contributed by atoms with Gasteiger partial charge in [0.1, 0.15) is 17.4 Å². The predicted octanol–water partition coefficient (Wildman–Crippen LogP) is 5.66. The van der Waals surface area contributed by atoms with Crippen LogP contribution in [0.15, 0.2) is 54.1 Å². The summed E-state index contributed by atoms with van der Waals surface area (Å²) >= 11 is 0. The molecule has 2 aromatic carbocycles. The maximum Gasteiger partial charge on any atom is 0.266 e. The normalized spacial score (nSPS) is 11.2. The van der Waals surface area contributed by atoms with Crippen LogP contribution in [0, 0.1) is 39.0 Å². The third-order valence-electron chi connectivity index (χ3n) is 5.02. The Morgan fingerprint density at radius 2 is 1.71 bits per heavy atom. The average molecular weight is 414 g/mol. The van der Waals surface area contributed by atoms with E-state index in [1.807, 2.05) is 32.9 Å². The number of carbonyl (C=O) groups excluding carboxylic acids is 1. The average Bonchev–Trinajstić information content (AvgIpc) is 3.00. The topological polar surface area (TPSA) is 67.0 Å². The van der Waals surface area contributed by atoms with Crippen molar-refractivity contribution in [1.29, 1.82) is 5.26 Å². The molecule has 5 heteroatoms. The Balaban J connectivity index is 1.88. The van der Waals surface area contributed by atoms with Crippen LogP contribution in [0.5, 0.6) is 5.75 Å². The van der Waals surface area contributed by atoms with Crippen molar-refractivity contribution in [3.63, 3.8) is 0 Å². The second-order valence-corrected chi connectivity index (χ2v) is 7.59. The summed E-state index contributed by atoms with van der Waals surface area (Å²) in [4.78, 5) is 12.7. The van der Waals surface area contributed by atoms with E-state index in [-0.39, 0.29) is 5.57 Å². The Labute approximate surface area is 183 Å². The van der Waals surface area contributed by atoms with Gasteiger partial charge in [-0.1, -0.05) is 6.07 Å². The lowest BCUT2D eigenvalue weighted by Gasteiger charge is -2.12. The monoisotopic (exact) mass is 413 g/mol. The maximum absolute atomic E-state index is 12.7. The summed E-state index contributed by atoms with van der Waals surface area (Å²) in [7, 11) is 0. The van der Waals surface area contributed by atoms with Crippen LogP contribution in [0.3, 0.4) is 0 Å². The van der Waals surface area contributed by atoms with Gasteiger partial charge in [0.15, 0.2) is 0 Å².